The summed E-state index contributed by atoms with van der Waals surface area (Å²) >= 11 is 5.62. The standard InChI is InChI=1S/C16H13ClN2O4/c17-14-6-5-13(23-14)15(20)19-12(16(21)22)7-9-8-18-11-4-2-1-3-10(9)11/h1-6,8,12,18H,7H2,(H,19,20)(H,21,22). The van der Waals surface area contributed by atoms with Crippen LogP contribution in [0.2, 0.25) is 5.22 Å². The van der Waals surface area contributed by atoms with Gasteiger partial charge in [0, 0.05) is 23.5 Å². The number of H-pyrrole nitrogens is 1. The molecule has 0 spiro atoms. The van der Waals surface area contributed by atoms with Crippen LogP contribution in [0.4, 0.5) is 0 Å². The fraction of sp³-hybridized carbons (Fsp3) is 0.125. The smallest absolute Gasteiger partial charge is 0.326 e. The second kappa shape index (κ2) is 6.18. The molecule has 2 aromatic heterocycles. The highest BCUT2D eigenvalue weighted by Crippen LogP contribution is 2.19. The van der Waals surface area contributed by atoms with Gasteiger partial charge in [0.05, 0.1) is 0 Å². The minimum atomic E-state index is -1.12. The number of nitrogens with one attached hydrogen (secondary N) is 2. The molecule has 2 heterocycles. The Morgan fingerprint density at radius 1 is 1.26 bits per heavy atom. The molecule has 0 radical (unpaired) electrons. The Morgan fingerprint density at radius 3 is 2.74 bits per heavy atom. The molecule has 118 valence electrons. The highest BCUT2D eigenvalue weighted by atomic mass is 35.5. The number of aromatic nitrogens is 1. The van der Waals surface area contributed by atoms with Gasteiger partial charge in [0.1, 0.15) is 6.04 Å². The largest absolute Gasteiger partial charge is 0.480 e. The molecule has 1 unspecified atom stereocenters. The Balaban J connectivity index is 1.79. The third-order valence-electron chi connectivity index (χ3n) is 3.50. The fourth-order valence-corrected chi connectivity index (χ4v) is 2.53. The Labute approximate surface area is 136 Å². The summed E-state index contributed by atoms with van der Waals surface area (Å²) in [4.78, 5) is 26.6. The number of carboxylic acids is 1. The molecule has 1 atom stereocenters. The highest BCUT2D eigenvalue weighted by molar-refractivity contribution is 6.29. The number of furan rings is 1. The first kappa shape index (κ1) is 15.2. The van der Waals surface area contributed by atoms with Gasteiger partial charge in [-0.15, -0.1) is 0 Å². The predicted molar refractivity (Wildman–Crippen MR) is 84.6 cm³/mol. The summed E-state index contributed by atoms with van der Waals surface area (Å²) in [5.74, 6) is -1.77. The van der Waals surface area contributed by atoms with E-state index >= 15 is 0 Å². The van der Waals surface area contributed by atoms with E-state index in [0.717, 1.165) is 16.5 Å². The van der Waals surface area contributed by atoms with Gasteiger partial charge < -0.3 is 19.8 Å². The van der Waals surface area contributed by atoms with Gasteiger partial charge in [-0.25, -0.2) is 4.79 Å². The molecule has 0 aliphatic rings. The molecule has 0 bridgehead atoms. The van der Waals surface area contributed by atoms with E-state index in [1.807, 2.05) is 24.3 Å². The quantitative estimate of drug-likeness (QED) is 0.669. The number of amides is 1. The number of para-hydroxylation sites is 1. The van der Waals surface area contributed by atoms with Crippen LogP contribution >= 0.6 is 11.6 Å². The van der Waals surface area contributed by atoms with Crippen LogP contribution in [-0.2, 0) is 11.2 Å². The van der Waals surface area contributed by atoms with E-state index in [-0.39, 0.29) is 17.4 Å². The third kappa shape index (κ3) is 3.22. The summed E-state index contributed by atoms with van der Waals surface area (Å²) in [6.45, 7) is 0. The molecule has 6 nitrogen and oxygen atoms in total. The maximum absolute atomic E-state index is 12.0. The van der Waals surface area contributed by atoms with Crippen LogP contribution in [0, 0.1) is 0 Å². The van der Waals surface area contributed by atoms with Gasteiger partial charge in [0.2, 0.25) is 0 Å². The van der Waals surface area contributed by atoms with Crippen LogP contribution in [0.25, 0.3) is 10.9 Å². The fourth-order valence-electron chi connectivity index (χ4n) is 2.39. The molecule has 23 heavy (non-hydrogen) atoms. The van der Waals surface area contributed by atoms with Gasteiger partial charge in [0.15, 0.2) is 11.0 Å². The van der Waals surface area contributed by atoms with Gasteiger partial charge in [0.25, 0.3) is 5.91 Å². The topological polar surface area (TPSA) is 95.3 Å². The zero-order chi connectivity index (χ0) is 16.4. The molecule has 3 aromatic rings. The number of aliphatic carboxylic acids is 1. The van der Waals surface area contributed by atoms with E-state index in [9.17, 15) is 14.7 Å². The number of fused-ring (bicyclic) bond motifs is 1. The molecule has 7 heteroatoms. The summed E-state index contributed by atoms with van der Waals surface area (Å²) in [6.07, 6.45) is 1.90. The van der Waals surface area contributed by atoms with Crippen molar-refractivity contribution in [2.75, 3.05) is 0 Å². The Morgan fingerprint density at radius 2 is 2.04 bits per heavy atom. The van der Waals surface area contributed by atoms with E-state index in [0.29, 0.717) is 0 Å². The van der Waals surface area contributed by atoms with Crippen LogP contribution in [0.15, 0.2) is 47.0 Å². The number of carbonyl (C=O) groups is 2. The maximum Gasteiger partial charge on any atom is 0.326 e. The van der Waals surface area contributed by atoms with Crippen molar-refractivity contribution in [1.29, 1.82) is 0 Å². The second-order valence-electron chi connectivity index (χ2n) is 5.03. The number of carboxylic acid groups (broad SMARTS) is 1. The summed E-state index contributed by atoms with van der Waals surface area (Å²) in [5.41, 5.74) is 1.72. The molecule has 0 saturated carbocycles. The first-order valence-corrected chi connectivity index (χ1v) is 7.26. The number of hydrogen-bond acceptors (Lipinski definition) is 3. The summed E-state index contributed by atoms with van der Waals surface area (Å²) in [5, 5.41) is 12.8. The number of halogens is 1. The van der Waals surface area contributed by atoms with Crippen molar-refractivity contribution in [3.8, 4) is 0 Å². The van der Waals surface area contributed by atoms with Gasteiger partial charge in [-0.3, -0.25) is 4.79 Å². The first-order chi connectivity index (χ1) is 11.0. The molecule has 0 saturated heterocycles. The minimum Gasteiger partial charge on any atom is -0.480 e. The van der Waals surface area contributed by atoms with Crippen molar-refractivity contribution in [2.45, 2.75) is 12.5 Å². The number of aromatic amines is 1. The van der Waals surface area contributed by atoms with Gasteiger partial charge in [-0.05, 0) is 35.4 Å². The first-order valence-electron chi connectivity index (χ1n) is 6.88. The van der Waals surface area contributed by atoms with E-state index in [1.54, 1.807) is 6.20 Å². The Hall–Kier alpha value is -2.73. The molecule has 3 rings (SSSR count). The van der Waals surface area contributed by atoms with Crippen molar-refractivity contribution in [2.24, 2.45) is 0 Å². The number of rotatable bonds is 5. The number of hydrogen-bond donors (Lipinski definition) is 3. The predicted octanol–water partition coefficient (Wildman–Crippen LogP) is 2.84. The van der Waals surface area contributed by atoms with Crippen LogP contribution < -0.4 is 5.32 Å². The number of carbonyl (C=O) groups excluding carboxylic acids is 1. The van der Waals surface area contributed by atoms with E-state index < -0.39 is 17.9 Å². The molecule has 0 aliphatic carbocycles. The zero-order valence-electron chi connectivity index (χ0n) is 11.9. The second-order valence-corrected chi connectivity index (χ2v) is 5.40. The average Bonchev–Trinajstić information content (AvgIpc) is 3.13. The molecular weight excluding hydrogens is 320 g/mol. The minimum absolute atomic E-state index is 0.0276. The van der Waals surface area contributed by atoms with Gasteiger partial charge >= 0.3 is 5.97 Å². The van der Waals surface area contributed by atoms with Crippen LogP contribution in [0.3, 0.4) is 0 Å². The molecule has 3 N–H and O–H groups in total. The van der Waals surface area contributed by atoms with Crippen LogP contribution in [0.1, 0.15) is 16.1 Å². The lowest BCUT2D eigenvalue weighted by Crippen LogP contribution is -2.42. The van der Waals surface area contributed by atoms with Gasteiger partial charge in [-0.1, -0.05) is 18.2 Å². The van der Waals surface area contributed by atoms with Crippen molar-refractivity contribution in [1.82, 2.24) is 10.3 Å². The SMILES string of the molecule is O=C(NC(Cc1c[nH]c2ccccc12)C(=O)O)c1ccc(Cl)o1. The number of benzene rings is 1. The molecule has 1 aromatic carbocycles. The zero-order valence-corrected chi connectivity index (χ0v) is 12.6. The van der Waals surface area contributed by atoms with Gasteiger partial charge in [-0.2, -0.15) is 0 Å². The van der Waals surface area contributed by atoms with Crippen molar-refractivity contribution >= 4 is 34.4 Å². The average molecular weight is 333 g/mol. The summed E-state index contributed by atoms with van der Waals surface area (Å²) in [6, 6.07) is 9.30. The monoisotopic (exact) mass is 332 g/mol. The highest BCUT2D eigenvalue weighted by Gasteiger charge is 2.23. The normalized spacial score (nSPS) is 12.2. The molecular formula is C16H13ClN2O4. The molecule has 0 fully saturated rings. The van der Waals surface area contributed by atoms with E-state index in [1.165, 1.54) is 12.1 Å². The van der Waals surface area contributed by atoms with E-state index in [4.69, 9.17) is 16.0 Å². The lowest BCUT2D eigenvalue weighted by molar-refractivity contribution is -0.139. The van der Waals surface area contributed by atoms with Crippen molar-refractivity contribution in [3.63, 3.8) is 0 Å². The molecule has 0 aliphatic heterocycles. The Kier molecular flexibility index (Phi) is 4.08. The van der Waals surface area contributed by atoms with Crippen LogP contribution in [-0.4, -0.2) is 28.0 Å². The Bertz CT molecular complexity index is 868. The summed E-state index contributed by atoms with van der Waals surface area (Å²) in [7, 11) is 0. The van der Waals surface area contributed by atoms with Crippen molar-refractivity contribution < 1.29 is 19.1 Å². The molecule has 1 amide bonds. The lowest BCUT2D eigenvalue weighted by Gasteiger charge is -2.13. The lowest BCUT2D eigenvalue weighted by atomic mass is 10.0. The summed E-state index contributed by atoms with van der Waals surface area (Å²) < 4.78 is 4.99. The van der Waals surface area contributed by atoms with Crippen LogP contribution in [0.5, 0.6) is 0 Å². The maximum atomic E-state index is 12.0. The third-order valence-corrected chi connectivity index (χ3v) is 3.70. The van der Waals surface area contributed by atoms with E-state index in [2.05, 4.69) is 10.3 Å². The van der Waals surface area contributed by atoms with Crippen molar-refractivity contribution in [3.05, 3.63) is 59.1 Å².